The van der Waals surface area contributed by atoms with E-state index in [1.165, 1.54) is 0 Å². The number of carbonyl (C=O) groups is 1. The molecule has 142 valence electrons. The summed E-state index contributed by atoms with van der Waals surface area (Å²) in [4.78, 5) is 16.6. The highest BCUT2D eigenvalue weighted by Gasteiger charge is 2.23. The Labute approximate surface area is 168 Å². The van der Waals surface area contributed by atoms with Crippen LogP contribution in [0.1, 0.15) is 10.4 Å². The number of amides is 1. The van der Waals surface area contributed by atoms with Crippen molar-refractivity contribution in [2.45, 2.75) is 0 Å². The fourth-order valence-corrected chi connectivity index (χ4v) is 3.28. The van der Waals surface area contributed by atoms with E-state index in [1.807, 2.05) is 41.3 Å². The lowest BCUT2D eigenvalue weighted by Gasteiger charge is -2.35. The second kappa shape index (κ2) is 8.27. The van der Waals surface area contributed by atoms with Gasteiger partial charge in [-0.3, -0.25) is 4.79 Å². The van der Waals surface area contributed by atoms with Gasteiger partial charge in [-0.05, 0) is 36.4 Å². The van der Waals surface area contributed by atoms with E-state index in [-0.39, 0.29) is 5.91 Å². The monoisotopic (exact) mass is 394 g/mol. The molecule has 1 aliphatic heterocycles. The van der Waals surface area contributed by atoms with Crippen LogP contribution in [-0.4, -0.2) is 47.2 Å². The van der Waals surface area contributed by atoms with E-state index in [4.69, 9.17) is 16.3 Å². The van der Waals surface area contributed by atoms with E-state index in [0.717, 1.165) is 11.6 Å². The molecular weight excluding hydrogens is 376 g/mol. The normalized spacial score (nSPS) is 14.0. The maximum atomic E-state index is 12.6. The summed E-state index contributed by atoms with van der Waals surface area (Å²) in [6.07, 6.45) is 0. The summed E-state index contributed by atoms with van der Waals surface area (Å²) in [5.74, 6) is 1.94. The molecule has 0 bridgehead atoms. The van der Waals surface area contributed by atoms with Crippen LogP contribution in [-0.2, 0) is 0 Å². The van der Waals surface area contributed by atoms with Crippen molar-refractivity contribution in [1.29, 1.82) is 0 Å². The molecule has 3 aromatic rings. The molecule has 1 fully saturated rings. The summed E-state index contributed by atoms with van der Waals surface area (Å²) in [5.41, 5.74) is 0.614. The van der Waals surface area contributed by atoms with Crippen molar-refractivity contribution in [3.05, 3.63) is 77.3 Å². The SMILES string of the molecule is O=C(c1cccc(Cl)c1)N1CCN(c2ccc(Oc3ccccc3)nn2)CC1. The predicted octanol–water partition coefficient (Wildman–Crippen LogP) is 3.88. The lowest BCUT2D eigenvalue weighted by Crippen LogP contribution is -2.49. The largest absolute Gasteiger partial charge is 0.438 e. The number of hydrogen-bond acceptors (Lipinski definition) is 5. The first kappa shape index (κ1) is 18.3. The van der Waals surface area contributed by atoms with Gasteiger partial charge >= 0.3 is 0 Å². The molecule has 1 aliphatic rings. The highest BCUT2D eigenvalue weighted by Crippen LogP contribution is 2.21. The Morgan fingerprint density at radius 3 is 2.36 bits per heavy atom. The van der Waals surface area contributed by atoms with Gasteiger partial charge in [0.15, 0.2) is 5.82 Å². The fourth-order valence-electron chi connectivity index (χ4n) is 3.09. The third-order valence-electron chi connectivity index (χ3n) is 4.55. The number of anilines is 1. The quantitative estimate of drug-likeness (QED) is 0.672. The Bertz CT molecular complexity index is 942. The highest BCUT2D eigenvalue weighted by molar-refractivity contribution is 6.30. The molecule has 0 spiro atoms. The minimum atomic E-state index is -0.000145. The topological polar surface area (TPSA) is 58.6 Å². The summed E-state index contributed by atoms with van der Waals surface area (Å²) in [5, 5.41) is 8.99. The van der Waals surface area contributed by atoms with E-state index >= 15 is 0 Å². The second-order valence-electron chi connectivity index (χ2n) is 6.43. The van der Waals surface area contributed by atoms with Crippen molar-refractivity contribution in [2.24, 2.45) is 0 Å². The lowest BCUT2D eigenvalue weighted by atomic mass is 10.2. The van der Waals surface area contributed by atoms with Crippen LogP contribution in [0.4, 0.5) is 5.82 Å². The molecule has 7 heteroatoms. The smallest absolute Gasteiger partial charge is 0.254 e. The maximum absolute atomic E-state index is 12.6. The van der Waals surface area contributed by atoms with Crippen molar-refractivity contribution in [3.8, 4) is 11.6 Å². The van der Waals surface area contributed by atoms with Gasteiger partial charge in [-0.2, -0.15) is 0 Å². The lowest BCUT2D eigenvalue weighted by molar-refractivity contribution is 0.0746. The summed E-state index contributed by atoms with van der Waals surface area (Å²) >= 11 is 5.99. The van der Waals surface area contributed by atoms with Crippen LogP contribution in [0.25, 0.3) is 0 Å². The molecule has 1 aromatic heterocycles. The van der Waals surface area contributed by atoms with Gasteiger partial charge in [0.25, 0.3) is 5.91 Å². The van der Waals surface area contributed by atoms with E-state index in [0.29, 0.717) is 42.6 Å². The number of nitrogens with zero attached hydrogens (tertiary/aromatic N) is 4. The molecule has 28 heavy (non-hydrogen) atoms. The van der Waals surface area contributed by atoms with Crippen LogP contribution in [0.5, 0.6) is 11.6 Å². The van der Waals surface area contributed by atoms with Crippen LogP contribution < -0.4 is 9.64 Å². The molecule has 1 amide bonds. The summed E-state index contributed by atoms with van der Waals surface area (Å²) in [6.45, 7) is 2.63. The molecule has 0 unspecified atom stereocenters. The van der Waals surface area contributed by atoms with Gasteiger partial charge < -0.3 is 14.5 Å². The number of hydrogen-bond donors (Lipinski definition) is 0. The van der Waals surface area contributed by atoms with Gasteiger partial charge in [-0.25, -0.2) is 0 Å². The zero-order valence-corrected chi connectivity index (χ0v) is 15.9. The minimum Gasteiger partial charge on any atom is -0.438 e. The number of para-hydroxylation sites is 1. The van der Waals surface area contributed by atoms with Crippen LogP contribution >= 0.6 is 11.6 Å². The first-order chi connectivity index (χ1) is 13.7. The van der Waals surface area contributed by atoms with Gasteiger partial charge in [0.2, 0.25) is 5.88 Å². The number of benzene rings is 2. The van der Waals surface area contributed by atoms with Crippen molar-refractivity contribution in [3.63, 3.8) is 0 Å². The second-order valence-corrected chi connectivity index (χ2v) is 6.87. The molecule has 0 atom stereocenters. The molecule has 0 radical (unpaired) electrons. The summed E-state index contributed by atoms with van der Waals surface area (Å²) in [7, 11) is 0. The maximum Gasteiger partial charge on any atom is 0.254 e. The third kappa shape index (κ3) is 4.23. The van der Waals surface area contributed by atoms with Crippen molar-refractivity contribution in [2.75, 3.05) is 31.1 Å². The Morgan fingerprint density at radius 1 is 0.893 bits per heavy atom. The molecule has 2 heterocycles. The van der Waals surface area contributed by atoms with Gasteiger partial charge in [-0.15, -0.1) is 10.2 Å². The molecule has 0 aliphatic carbocycles. The molecule has 1 saturated heterocycles. The number of ether oxygens (including phenoxy) is 1. The van der Waals surface area contributed by atoms with E-state index in [1.54, 1.807) is 30.3 Å². The van der Waals surface area contributed by atoms with Crippen molar-refractivity contribution >= 4 is 23.3 Å². The molecule has 6 nitrogen and oxygen atoms in total. The van der Waals surface area contributed by atoms with Crippen LogP contribution in [0.3, 0.4) is 0 Å². The average Bonchev–Trinajstić information content (AvgIpc) is 2.75. The Balaban J connectivity index is 1.35. The van der Waals surface area contributed by atoms with Gasteiger partial charge in [-0.1, -0.05) is 35.9 Å². The first-order valence-corrected chi connectivity index (χ1v) is 9.43. The molecule has 0 saturated carbocycles. The predicted molar refractivity (Wildman–Crippen MR) is 108 cm³/mol. The number of aromatic nitrogens is 2. The Kier molecular flexibility index (Phi) is 5.39. The van der Waals surface area contributed by atoms with Gasteiger partial charge in [0.1, 0.15) is 5.75 Å². The minimum absolute atomic E-state index is 0.000145. The summed E-state index contributed by atoms with van der Waals surface area (Å²) in [6, 6.07) is 20.2. The van der Waals surface area contributed by atoms with E-state index in [9.17, 15) is 4.79 Å². The third-order valence-corrected chi connectivity index (χ3v) is 4.79. The Hall–Kier alpha value is -3.12. The molecule has 4 rings (SSSR count). The average molecular weight is 395 g/mol. The highest BCUT2D eigenvalue weighted by atomic mass is 35.5. The fraction of sp³-hybridized carbons (Fsp3) is 0.190. The number of rotatable bonds is 4. The number of carbonyl (C=O) groups excluding carboxylic acids is 1. The molecular formula is C21H19ClN4O2. The van der Waals surface area contributed by atoms with Crippen molar-refractivity contribution < 1.29 is 9.53 Å². The number of piperazine rings is 1. The van der Waals surface area contributed by atoms with Gasteiger partial charge in [0.05, 0.1) is 0 Å². The van der Waals surface area contributed by atoms with Crippen LogP contribution in [0.15, 0.2) is 66.7 Å². The molecule has 0 N–H and O–H groups in total. The zero-order chi connectivity index (χ0) is 19.3. The first-order valence-electron chi connectivity index (χ1n) is 9.05. The zero-order valence-electron chi connectivity index (χ0n) is 15.2. The van der Waals surface area contributed by atoms with Gasteiger partial charge in [0, 0.05) is 42.8 Å². The standard InChI is InChI=1S/C21H19ClN4O2/c22-17-6-4-5-16(15-17)21(27)26-13-11-25(12-14-26)19-9-10-20(24-23-19)28-18-7-2-1-3-8-18/h1-10,15H,11-14H2. The van der Waals surface area contributed by atoms with E-state index < -0.39 is 0 Å². The van der Waals surface area contributed by atoms with E-state index in [2.05, 4.69) is 15.1 Å². The Morgan fingerprint density at radius 2 is 1.68 bits per heavy atom. The number of halogens is 1. The van der Waals surface area contributed by atoms with Crippen LogP contribution in [0.2, 0.25) is 5.02 Å². The van der Waals surface area contributed by atoms with Crippen molar-refractivity contribution in [1.82, 2.24) is 15.1 Å². The van der Waals surface area contributed by atoms with Crippen LogP contribution in [0, 0.1) is 0 Å². The molecule has 2 aromatic carbocycles. The summed E-state index contributed by atoms with van der Waals surface area (Å²) < 4.78 is 5.67.